The molecule has 2 atom stereocenters. The van der Waals surface area contributed by atoms with Gasteiger partial charge in [0.1, 0.15) is 5.02 Å². The third-order valence-corrected chi connectivity index (χ3v) is 4.59. The van der Waals surface area contributed by atoms with Gasteiger partial charge in [0.15, 0.2) is 0 Å². The Kier molecular flexibility index (Phi) is 3.73. The average Bonchev–Trinajstić information content (AvgIpc) is 2.95. The second-order valence-electron chi connectivity index (χ2n) is 6.31. The van der Waals surface area contributed by atoms with Crippen LogP contribution in [0.2, 0.25) is 5.02 Å². The number of fused-ring (bicyclic) bond motifs is 1. The molecule has 2 saturated heterocycles. The normalized spacial score (nSPS) is 25.5. The maximum atomic E-state index is 12.3. The van der Waals surface area contributed by atoms with E-state index < -0.39 is 0 Å². The number of anilines is 1. The summed E-state index contributed by atoms with van der Waals surface area (Å²) in [5, 5.41) is 8.01. The quantitative estimate of drug-likeness (QED) is 0.911. The Bertz CT molecular complexity index is 545. The fourth-order valence-corrected chi connectivity index (χ4v) is 3.47. The zero-order chi connectivity index (χ0) is 14.3. The van der Waals surface area contributed by atoms with Crippen molar-refractivity contribution < 1.29 is 0 Å². The van der Waals surface area contributed by atoms with Gasteiger partial charge in [0.25, 0.3) is 5.56 Å². The first-order valence-electron chi connectivity index (χ1n) is 7.27. The van der Waals surface area contributed by atoms with Crippen LogP contribution in [0.4, 0.5) is 5.69 Å². The largest absolute Gasteiger partial charge is 0.368 e. The molecule has 110 valence electrons. The van der Waals surface area contributed by atoms with Crippen LogP contribution in [0.5, 0.6) is 0 Å². The van der Waals surface area contributed by atoms with Gasteiger partial charge >= 0.3 is 0 Å². The molecule has 6 heteroatoms. The summed E-state index contributed by atoms with van der Waals surface area (Å²) in [7, 11) is 0. The number of hydrogen-bond donors (Lipinski definition) is 1. The van der Waals surface area contributed by atoms with E-state index in [1.165, 1.54) is 4.68 Å². The molecule has 2 aliphatic heterocycles. The highest BCUT2D eigenvalue weighted by Crippen LogP contribution is 2.32. The molecule has 20 heavy (non-hydrogen) atoms. The van der Waals surface area contributed by atoms with Gasteiger partial charge in [-0.05, 0) is 17.8 Å². The van der Waals surface area contributed by atoms with Crippen molar-refractivity contribution in [1.82, 2.24) is 15.1 Å². The number of hydrogen-bond acceptors (Lipinski definition) is 4. The van der Waals surface area contributed by atoms with Crippen molar-refractivity contribution in [1.29, 1.82) is 0 Å². The molecule has 2 unspecified atom stereocenters. The summed E-state index contributed by atoms with van der Waals surface area (Å²) in [5.41, 5.74) is 0.624. The highest BCUT2D eigenvalue weighted by Gasteiger charge is 2.37. The van der Waals surface area contributed by atoms with E-state index in [0.717, 1.165) is 31.9 Å². The summed E-state index contributed by atoms with van der Waals surface area (Å²) in [6, 6.07) is 0. The molecule has 5 nitrogen and oxygen atoms in total. The Labute approximate surface area is 123 Å². The van der Waals surface area contributed by atoms with Gasteiger partial charge in [-0.2, -0.15) is 5.10 Å². The summed E-state index contributed by atoms with van der Waals surface area (Å²) < 4.78 is 1.47. The lowest BCUT2D eigenvalue weighted by molar-refractivity contribution is 0.463. The summed E-state index contributed by atoms with van der Waals surface area (Å²) in [6.45, 7) is 8.79. The maximum absolute atomic E-state index is 12.3. The van der Waals surface area contributed by atoms with E-state index in [2.05, 4.69) is 29.2 Å². The number of nitrogens with one attached hydrogen (secondary N) is 1. The van der Waals surface area contributed by atoms with E-state index in [9.17, 15) is 4.79 Å². The van der Waals surface area contributed by atoms with E-state index >= 15 is 0 Å². The highest BCUT2D eigenvalue weighted by molar-refractivity contribution is 6.33. The first-order chi connectivity index (χ1) is 9.56. The summed E-state index contributed by atoms with van der Waals surface area (Å²) in [6.07, 6.45) is 1.75. The van der Waals surface area contributed by atoms with Crippen LogP contribution >= 0.6 is 11.6 Å². The monoisotopic (exact) mass is 296 g/mol. The first-order valence-corrected chi connectivity index (χ1v) is 7.65. The van der Waals surface area contributed by atoms with E-state index in [0.29, 0.717) is 29.3 Å². The van der Waals surface area contributed by atoms with Gasteiger partial charge < -0.3 is 10.2 Å². The van der Waals surface area contributed by atoms with Crippen molar-refractivity contribution in [3.05, 3.63) is 21.6 Å². The second-order valence-corrected chi connectivity index (χ2v) is 6.69. The first kappa shape index (κ1) is 13.9. The minimum Gasteiger partial charge on any atom is -0.368 e. The van der Waals surface area contributed by atoms with Crippen LogP contribution in [0.3, 0.4) is 0 Å². The van der Waals surface area contributed by atoms with Crippen LogP contribution in [-0.4, -0.2) is 36.0 Å². The molecule has 0 bridgehead atoms. The molecule has 2 fully saturated rings. The standard InChI is InChI=1S/C14H21ClN4O/c1-9(2)6-19-14(20)13(15)12(5-17-19)18-7-10-3-16-4-11(10)8-18/h5,9-11,16H,3-4,6-8H2,1-2H3. The molecule has 0 saturated carbocycles. The Hall–Kier alpha value is -1.07. The molecule has 3 rings (SSSR count). The van der Waals surface area contributed by atoms with Crippen LogP contribution in [0.1, 0.15) is 13.8 Å². The molecule has 0 amide bonds. The SMILES string of the molecule is CC(C)Cn1ncc(N2CC3CNCC3C2)c(Cl)c1=O. The summed E-state index contributed by atoms with van der Waals surface area (Å²) >= 11 is 6.29. The topological polar surface area (TPSA) is 50.2 Å². The number of nitrogens with zero attached hydrogens (tertiary/aromatic N) is 3. The van der Waals surface area contributed by atoms with Crippen molar-refractivity contribution >= 4 is 17.3 Å². The molecule has 2 aliphatic rings. The van der Waals surface area contributed by atoms with Gasteiger partial charge in [-0.25, -0.2) is 4.68 Å². The number of halogens is 1. The molecule has 0 aliphatic carbocycles. The predicted molar refractivity (Wildman–Crippen MR) is 80.4 cm³/mol. The van der Waals surface area contributed by atoms with Crippen molar-refractivity contribution in [2.75, 3.05) is 31.1 Å². The lowest BCUT2D eigenvalue weighted by Crippen LogP contribution is -2.31. The Balaban J connectivity index is 1.84. The van der Waals surface area contributed by atoms with Gasteiger partial charge in [-0.1, -0.05) is 25.4 Å². The van der Waals surface area contributed by atoms with Crippen molar-refractivity contribution in [3.63, 3.8) is 0 Å². The van der Waals surface area contributed by atoms with E-state index in [1.807, 2.05) is 0 Å². The van der Waals surface area contributed by atoms with Gasteiger partial charge in [0.05, 0.1) is 11.9 Å². The van der Waals surface area contributed by atoms with Crippen LogP contribution in [-0.2, 0) is 6.54 Å². The fourth-order valence-electron chi connectivity index (χ4n) is 3.20. The molecular formula is C14H21ClN4O. The van der Waals surface area contributed by atoms with Crippen molar-refractivity contribution in [3.8, 4) is 0 Å². The zero-order valence-electron chi connectivity index (χ0n) is 12.0. The number of aromatic nitrogens is 2. The second kappa shape index (κ2) is 5.37. The van der Waals surface area contributed by atoms with E-state index in [-0.39, 0.29) is 5.56 Å². The van der Waals surface area contributed by atoms with Crippen LogP contribution in [0, 0.1) is 17.8 Å². The molecule has 0 radical (unpaired) electrons. The minimum absolute atomic E-state index is 0.173. The molecule has 0 aromatic carbocycles. The third-order valence-electron chi connectivity index (χ3n) is 4.23. The lowest BCUT2D eigenvalue weighted by Gasteiger charge is -2.21. The third kappa shape index (κ3) is 2.44. The summed E-state index contributed by atoms with van der Waals surface area (Å²) in [4.78, 5) is 14.5. The number of rotatable bonds is 3. The average molecular weight is 297 g/mol. The minimum atomic E-state index is -0.173. The van der Waals surface area contributed by atoms with Crippen molar-refractivity contribution in [2.45, 2.75) is 20.4 Å². The van der Waals surface area contributed by atoms with Gasteiger partial charge in [-0.3, -0.25) is 4.79 Å². The Morgan fingerprint density at radius 2 is 2.05 bits per heavy atom. The zero-order valence-corrected chi connectivity index (χ0v) is 12.7. The molecule has 1 N–H and O–H groups in total. The van der Waals surface area contributed by atoms with Crippen LogP contribution < -0.4 is 15.8 Å². The summed E-state index contributed by atoms with van der Waals surface area (Å²) in [5.74, 6) is 1.72. The Morgan fingerprint density at radius 3 is 2.65 bits per heavy atom. The smallest absolute Gasteiger partial charge is 0.287 e. The van der Waals surface area contributed by atoms with Gasteiger partial charge in [0, 0.05) is 32.7 Å². The molecular weight excluding hydrogens is 276 g/mol. The Morgan fingerprint density at radius 1 is 1.40 bits per heavy atom. The van der Waals surface area contributed by atoms with Gasteiger partial charge in [0.2, 0.25) is 0 Å². The lowest BCUT2D eigenvalue weighted by atomic mass is 10.0. The predicted octanol–water partition coefficient (Wildman–Crippen LogP) is 1.21. The van der Waals surface area contributed by atoms with Crippen LogP contribution in [0.15, 0.2) is 11.0 Å². The molecule has 1 aromatic rings. The highest BCUT2D eigenvalue weighted by atomic mass is 35.5. The maximum Gasteiger partial charge on any atom is 0.287 e. The van der Waals surface area contributed by atoms with Crippen LogP contribution in [0.25, 0.3) is 0 Å². The molecule has 0 spiro atoms. The van der Waals surface area contributed by atoms with E-state index in [4.69, 9.17) is 11.6 Å². The van der Waals surface area contributed by atoms with Gasteiger partial charge in [-0.15, -0.1) is 0 Å². The van der Waals surface area contributed by atoms with E-state index in [1.54, 1.807) is 6.20 Å². The molecule has 1 aromatic heterocycles. The van der Waals surface area contributed by atoms with Crippen molar-refractivity contribution in [2.24, 2.45) is 17.8 Å². The fraction of sp³-hybridized carbons (Fsp3) is 0.714. The molecule has 3 heterocycles.